The lowest BCUT2D eigenvalue weighted by molar-refractivity contribution is -0.274. The fraction of sp³-hybridized carbons (Fsp3) is 0.333. The number of rotatable bonds is 4. The quantitative estimate of drug-likeness (QED) is 0.598. The Balaban J connectivity index is 0. The molecular weight excluding hydrogens is 304 g/mol. The van der Waals surface area contributed by atoms with Gasteiger partial charge in [0.1, 0.15) is 5.75 Å². The summed E-state index contributed by atoms with van der Waals surface area (Å²) < 4.78 is 39.2. The minimum Gasteiger partial charge on any atom is -0.412 e. The van der Waals surface area contributed by atoms with Crippen LogP contribution < -0.4 is 10.2 Å². The van der Waals surface area contributed by atoms with Gasteiger partial charge in [-0.1, -0.05) is 39.8 Å². The molecule has 0 saturated carbocycles. The Hall–Kier alpha value is -0.725. The molecule has 0 bridgehead atoms. The average Bonchev–Trinajstić information content (AvgIpc) is 2.14. The Kier molecular flexibility index (Phi) is 9.18. The van der Waals surface area contributed by atoms with Crippen molar-refractivity contribution in [2.24, 2.45) is 0 Å². The number of ether oxygens (including phenoxy) is 1. The molecule has 3 nitrogen and oxygen atoms in total. The molecule has 0 aliphatic carbocycles. The van der Waals surface area contributed by atoms with Crippen LogP contribution in [0.2, 0.25) is 6.32 Å². The first-order valence-corrected chi connectivity index (χ1v) is 5.54. The van der Waals surface area contributed by atoms with Crippen LogP contribution in [0.4, 0.5) is 13.2 Å². The molecule has 0 aliphatic heterocycles. The maximum Gasteiger partial charge on any atom is 0.573 e. The summed E-state index contributed by atoms with van der Waals surface area (Å²) in [5.74, 6) is -0.176. The van der Waals surface area contributed by atoms with Gasteiger partial charge in [0.05, 0.1) is 0 Å². The van der Waals surface area contributed by atoms with Gasteiger partial charge in [0, 0.05) is 0 Å². The zero-order chi connectivity index (χ0) is 11.3. The SMILES string of the molecule is FC(F)(F)Oc1ccc(BCCBr)cc1.O.O. The molecule has 0 heterocycles. The van der Waals surface area contributed by atoms with Crippen molar-refractivity contribution in [2.45, 2.75) is 12.7 Å². The molecule has 0 saturated heterocycles. The maximum absolute atomic E-state index is 11.8. The van der Waals surface area contributed by atoms with Crippen molar-refractivity contribution in [3.05, 3.63) is 24.3 Å². The fourth-order valence-corrected chi connectivity index (χ4v) is 1.41. The van der Waals surface area contributed by atoms with Crippen LogP contribution in [0.3, 0.4) is 0 Å². The monoisotopic (exact) mass is 316 g/mol. The zero-order valence-corrected chi connectivity index (χ0v) is 10.4. The third kappa shape index (κ3) is 8.06. The Labute approximate surface area is 106 Å². The van der Waals surface area contributed by atoms with Crippen molar-refractivity contribution < 1.29 is 28.9 Å². The van der Waals surface area contributed by atoms with E-state index in [-0.39, 0.29) is 16.7 Å². The Morgan fingerprint density at radius 3 is 2.06 bits per heavy atom. The molecule has 4 N–H and O–H groups in total. The standard InChI is InChI=1S/C9H9BBrF3O.2H2O/c11-6-5-10-7-1-3-8(4-2-7)15-9(12,13)14;;/h1-4,10H,5-6H2;2*1H2. The van der Waals surface area contributed by atoms with Crippen molar-refractivity contribution in [1.82, 2.24) is 0 Å². The lowest BCUT2D eigenvalue weighted by atomic mass is 9.68. The number of hydrogen-bond acceptors (Lipinski definition) is 1. The Morgan fingerprint density at radius 1 is 1.12 bits per heavy atom. The highest BCUT2D eigenvalue weighted by Crippen LogP contribution is 2.21. The molecule has 1 rings (SSSR count). The van der Waals surface area contributed by atoms with Gasteiger partial charge >= 0.3 is 6.36 Å². The topological polar surface area (TPSA) is 72.2 Å². The molecule has 98 valence electrons. The summed E-state index contributed by atoms with van der Waals surface area (Å²) in [6.07, 6.45) is -3.66. The summed E-state index contributed by atoms with van der Waals surface area (Å²) in [7, 11) is 0.845. The Morgan fingerprint density at radius 2 is 1.65 bits per heavy atom. The van der Waals surface area contributed by atoms with Gasteiger partial charge in [-0.3, -0.25) is 0 Å². The molecule has 0 fully saturated rings. The second-order valence-corrected chi connectivity index (χ2v) is 3.78. The Bertz CT molecular complexity index is 305. The molecule has 0 atom stereocenters. The highest BCUT2D eigenvalue weighted by Gasteiger charge is 2.30. The van der Waals surface area contributed by atoms with E-state index in [1.807, 2.05) is 0 Å². The van der Waals surface area contributed by atoms with Gasteiger partial charge in [-0.05, 0) is 17.5 Å². The van der Waals surface area contributed by atoms with Gasteiger partial charge in [-0.15, -0.1) is 13.2 Å². The molecule has 8 heteroatoms. The van der Waals surface area contributed by atoms with Gasteiger partial charge in [0.2, 0.25) is 0 Å². The second kappa shape index (κ2) is 8.38. The molecule has 0 unspecified atom stereocenters. The van der Waals surface area contributed by atoms with Crippen molar-refractivity contribution in [2.75, 3.05) is 5.33 Å². The van der Waals surface area contributed by atoms with E-state index in [1.165, 1.54) is 12.1 Å². The zero-order valence-electron chi connectivity index (χ0n) is 8.85. The highest BCUT2D eigenvalue weighted by molar-refractivity contribution is 9.09. The lowest BCUT2D eigenvalue weighted by Gasteiger charge is -2.08. The van der Waals surface area contributed by atoms with Crippen LogP contribution in [-0.4, -0.2) is 29.9 Å². The van der Waals surface area contributed by atoms with Crippen molar-refractivity contribution >= 4 is 28.7 Å². The van der Waals surface area contributed by atoms with Crippen molar-refractivity contribution in [3.8, 4) is 5.75 Å². The highest BCUT2D eigenvalue weighted by atomic mass is 79.9. The second-order valence-electron chi connectivity index (χ2n) is 2.98. The first kappa shape index (κ1) is 18.6. The van der Waals surface area contributed by atoms with E-state index in [0.29, 0.717) is 0 Å². The van der Waals surface area contributed by atoms with Gasteiger partial charge in [0.25, 0.3) is 0 Å². The molecule has 1 aromatic carbocycles. The van der Waals surface area contributed by atoms with Crippen molar-refractivity contribution in [3.63, 3.8) is 0 Å². The van der Waals surface area contributed by atoms with Crippen LogP contribution in [0, 0.1) is 0 Å². The van der Waals surface area contributed by atoms with E-state index >= 15 is 0 Å². The van der Waals surface area contributed by atoms with Crippen LogP contribution in [-0.2, 0) is 0 Å². The van der Waals surface area contributed by atoms with Crippen LogP contribution in [0.15, 0.2) is 24.3 Å². The number of halogens is 4. The average molecular weight is 317 g/mol. The molecule has 0 aromatic heterocycles. The van der Waals surface area contributed by atoms with Gasteiger partial charge in [-0.2, -0.15) is 0 Å². The van der Waals surface area contributed by atoms with Crippen LogP contribution in [0.25, 0.3) is 0 Å². The van der Waals surface area contributed by atoms with Crippen LogP contribution in [0.1, 0.15) is 0 Å². The molecule has 17 heavy (non-hydrogen) atoms. The van der Waals surface area contributed by atoms with Gasteiger partial charge in [-0.25, -0.2) is 0 Å². The molecule has 0 aliphatic rings. The van der Waals surface area contributed by atoms with E-state index in [9.17, 15) is 13.2 Å². The predicted molar refractivity (Wildman–Crippen MR) is 65.7 cm³/mol. The minimum absolute atomic E-state index is 0. The summed E-state index contributed by atoms with van der Waals surface area (Å²) in [5, 5.41) is 0.883. The number of alkyl halides is 4. The van der Waals surface area contributed by atoms with Gasteiger partial charge < -0.3 is 15.7 Å². The van der Waals surface area contributed by atoms with E-state index < -0.39 is 6.36 Å². The smallest absolute Gasteiger partial charge is 0.412 e. The number of hydrogen-bond donors (Lipinski definition) is 0. The number of benzene rings is 1. The normalized spacial score (nSPS) is 9.88. The molecular formula is C9H13BBrF3O3. The third-order valence-corrected chi connectivity index (χ3v) is 2.32. The summed E-state index contributed by atoms with van der Waals surface area (Å²) in [6.45, 7) is 0. The summed E-state index contributed by atoms with van der Waals surface area (Å²) >= 11 is 3.29. The first-order chi connectivity index (χ1) is 7.01. The molecule has 0 amide bonds. The predicted octanol–water partition coefficient (Wildman–Crippen LogP) is 0.811. The first-order valence-electron chi connectivity index (χ1n) is 4.42. The lowest BCUT2D eigenvalue weighted by Crippen LogP contribution is -2.18. The maximum atomic E-state index is 11.8. The molecule has 0 radical (unpaired) electrons. The van der Waals surface area contributed by atoms with Crippen molar-refractivity contribution in [1.29, 1.82) is 0 Å². The largest absolute Gasteiger partial charge is 0.573 e. The van der Waals surface area contributed by atoms with E-state index in [0.717, 1.165) is 24.4 Å². The van der Waals surface area contributed by atoms with E-state index in [1.54, 1.807) is 12.1 Å². The summed E-state index contributed by atoms with van der Waals surface area (Å²) in [4.78, 5) is 0. The van der Waals surface area contributed by atoms with Crippen LogP contribution >= 0.6 is 15.9 Å². The van der Waals surface area contributed by atoms with Crippen LogP contribution in [0.5, 0.6) is 5.75 Å². The summed E-state index contributed by atoms with van der Waals surface area (Å²) in [5.41, 5.74) is 1.00. The third-order valence-electron chi connectivity index (χ3n) is 1.76. The minimum atomic E-state index is -4.61. The van der Waals surface area contributed by atoms with E-state index in [4.69, 9.17) is 0 Å². The molecule has 1 aromatic rings. The van der Waals surface area contributed by atoms with Gasteiger partial charge in [0.15, 0.2) is 7.28 Å². The van der Waals surface area contributed by atoms with E-state index in [2.05, 4.69) is 20.7 Å². The molecule has 0 spiro atoms. The summed E-state index contributed by atoms with van der Waals surface area (Å²) in [6, 6.07) is 5.95. The fourth-order valence-electron chi connectivity index (χ4n) is 1.13.